The molecule has 6 heteroatoms. The molecule has 0 radical (unpaired) electrons. The van der Waals surface area contributed by atoms with Gasteiger partial charge < -0.3 is 15.2 Å². The first-order chi connectivity index (χ1) is 9.07. The molecule has 5 nitrogen and oxygen atoms in total. The van der Waals surface area contributed by atoms with E-state index in [4.69, 9.17) is 4.74 Å². The van der Waals surface area contributed by atoms with Gasteiger partial charge in [-0.3, -0.25) is 4.40 Å². The van der Waals surface area contributed by atoms with Crippen LogP contribution in [0, 0.1) is 0 Å². The Morgan fingerprint density at radius 1 is 1.58 bits per heavy atom. The standard InChI is InChI=1S/C13H21N3O2S/c1-4-5-13(2,17)9-14-8-10-11(18-3)15-12-16(10)6-7-19-12/h6-7,14,17H,4-5,8-9H2,1-3H3. The van der Waals surface area contributed by atoms with Crippen molar-refractivity contribution in [3.63, 3.8) is 0 Å². The fourth-order valence-electron chi connectivity index (χ4n) is 2.21. The summed E-state index contributed by atoms with van der Waals surface area (Å²) in [6.45, 7) is 5.11. The number of hydrogen-bond donors (Lipinski definition) is 2. The fraction of sp³-hybridized carbons (Fsp3) is 0.615. The maximum atomic E-state index is 10.1. The highest BCUT2D eigenvalue weighted by Gasteiger charge is 2.19. The van der Waals surface area contributed by atoms with E-state index in [0.717, 1.165) is 23.5 Å². The number of ether oxygens (including phenoxy) is 1. The van der Waals surface area contributed by atoms with E-state index in [1.165, 1.54) is 0 Å². The first-order valence-corrected chi connectivity index (χ1v) is 7.37. The van der Waals surface area contributed by atoms with E-state index in [2.05, 4.69) is 17.2 Å². The normalized spacial score (nSPS) is 14.7. The topological polar surface area (TPSA) is 58.8 Å². The molecule has 2 aromatic heterocycles. The van der Waals surface area contributed by atoms with E-state index in [1.54, 1.807) is 18.4 Å². The summed E-state index contributed by atoms with van der Waals surface area (Å²) in [4.78, 5) is 5.32. The first-order valence-electron chi connectivity index (χ1n) is 6.49. The summed E-state index contributed by atoms with van der Waals surface area (Å²) in [5.41, 5.74) is 0.325. The molecule has 19 heavy (non-hydrogen) atoms. The molecule has 0 fully saturated rings. The molecule has 0 aromatic carbocycles. The number of methoxy groups -OCH3 is 1. The van der Waals surface area contributed by atoms with Crippen molar-refractivity contribution < 1.29 is 9.84 Å². The second-order valence-corrected chi connectivity index (χ2v) is 5.85. The van der Waals surface area contributed by atoms with E-state index in [-0.39, 0.29) is 0 Å². The lowest BCUT2D eigenvalue weighted by atomic mass is 10.0. The molecule has 1 atom stereocenters. The maximum Gasteiger partial charge on any atom is 0.237 e. The zero-order chi connectivity index (χ0) is 13.9. The van der Waals surface area contributed by atoms with Gasteiger partial charge in [0.15, 0.2) is 4.96 Å². The number of thiazole rings is 1. The smallest absolute Gasteiger partial charge is 0.237 e. The molecule has 106 valence electrons. The molecule has 0 amide bonds. The number of rotatable bonds is 7. The number of imidazole rings is 1. The number of hydrogen-bond acceptors (Lipinski definition) is 5. The maximum absolute atomic E-state index is 10.1. The van der Waals surface area contributed by atoms with Gasteiger partial charge in [0.2, 0.25) is 5.88 Å². The van der Waals surface area contributed by atoms with Crippen molar-refractivity contribution in [1.29, 1.82) is 0 Å². The molecule has 0 aliphatic rings. The van der Waals surface area contributed by atoms with Crippen molar-refractivity contribution in [1.82, 2.24) is 14.7 Å². The van der Waals surface area contributed by atoms with E-state index in [0.29, 0.717) is 19.0 Å². The van der Waals surface area contributed by atoms with Gasteiger partial charge in [-0.05, 0) is 13.3 Å². The van der Waals surface area contributed by atoms with Gasteiger partial charge in [-0.25, -0.2) is 0 Å². The van der Waals surface area contributed by atoms with E-state index in [9.17, 15) is 5.11 Å². The summed E-state index contributed by atoms with van der Waals surface area (Å²) in [6, 6.07) is 0. The van der Waals surface area contributed by atoms with Crippen LogP contribution in [0.5, 0.6) is 5.88 Å². The van der Waals surface area contributed by atoms with Crippen LogP contribution in [0.1, 0.15) is 32.4 Å². The Kier molecular flexibility index (Phi) is 4.44. The molecule has 0 aliphatic carbocycles. The molecule has 0 saturated carbocycles. The van der Waals surface area contributed by atoms with Crippen LogP contribution in [0.4, 0.5) is 0 Å². The number of nitrogens with one attached hydrogen (secondary N) is 1. The fourth-order valence-corrected chi connectivity index (χ4v) is 2.94. The summed E-state index contributed by atoms with van der Waals surface area (Å²) in [5, 5.41) is 15.4. The summed E-state index contributed by atoms with van der Waals surface area (Å²) >= 11 is 1.58. The summed E-state index contributed by atoms with van der Waals surface area (Å²) in [6.07, 6.45) is 3.74. The van der Waals surface area contributed by atoms with E-state index < -0.39 is 5.60 Å². The molecule has 1 unspecified atom stereocenters. The minimum Gasteiger partial charge on any atom is -0.480 e. The molecule has 0 bridgehead atoms. The number of aromatic nitrogens is 2. The molecular weight excluding hydrogens is 262 g/mol. The van der Waals surface area contributed by atoms with Crippen LogP contribution < -0.4 is 10.1 Å². The third-order valence-corrected chi connectivity index (χ3v) is 3.86. The molecular formula is C13H21N3O2S. The van der Waals surface area contributed by atoms with Gasteiger partial charge in [0, 0.05) is 24.7 Å². The van der Waals surface area contributed by atoms with Gasteiger partial charge in [-0.15, -0.1) is 11.3 Å². The lowest BCUT2D eigenvalue weighted by Crippen LogP contribution is -2.37. The van der Waals surface area contributed by atoms with Gasteiger partial charge in [0.25, 0.3) is 0 Å². The highest BCUT2D eigenvalue weighted by atomic mass is 32.1. The van der Waals surface area contributed by atoms with E-state index >= 15 is 0 Å². The van der Waals surface area contributed by atoms with Gasteiger partial charge in [0.05, 0.1) is 12.7 Å². The number of nitrogens with zero attached hydrogens (tertiary/aromatic N) is 2. The van der Waals surface area contributed by atoms with E-state index in [1.807, 2.05) is 22.9 Å². The second kappa shape index (κ2) is 5.90. The molecule has 0 saturated heterocycles. The zero-order valence-corrected chi connectivity index (χ0v) is 12.5. The van der Waals surface area contributed by atoms with Crippen molar-refractivity contribution in [2.24, 2.45) is 0 Å². The van der Waals surface area contributed by atoms with Crippen LogP contribution in [-0.2, 0) is 6.54 Å². The Hall–Kier alpha value is -1.11. The Bertz CT molecular complexity index is 533. The lowest BCUT2D eigenvalue weighted by Gasteiger charge is -2.23. The zero-order valence-electron chi connectivity index (χ0n) is 11.6. The van der Waals surface area contributed by atoms with Crippen LogP contribution in [0.25, 0.3) is 4.96 Å². The quantitative estimate of drug-likeness (QED) is 0.816. The average molecular weight is 283 g/mol. The molecule has 0 aliphatic heterocycles. The van der Waals surface area contributed by atoms with Crippen molar-refractivity contribution in [3.05, 3.63) is 17.3 Å². The minimum atomic E-state index is -0.666. The monoisotopic (exact) mass is 283 g/mol. The Morgan fingerprint density at radius 2 is 2.37 bits per heavy atom. The minimum absolute atomic E-state index is 0.557. The first kappa shape index (κ1) is 14.3. The lowest BCUT2D eigenvalue weighted by molar-refractivity contribution is 0.0496. The van der Waals surface area contributed by atoms with Gasteiger partial charge in [-0.2, -0.15) is 4.98 Å². The predicted molar refractivity (Wildman–Crippen MR) is 76.9 cm³/mol. The number of fused-ring (bicyclic) bond motifs is 1. The SMILES string of the molecule is CCCC(C)(O)CNCc1c(OC)nc2sccn12. The second-order valence-electron chi connectivity index (χ2n) is 4.97. The van der Waals surface area contributed by atoms with Crippen molar-refractivity contribution in [2.45, 2.75) is 38.8 Å². The van der Waals surface area contributed by atoms with Crippen LogP contribution in [0.15, 0.2) is 11.6 Å². The summed E-state index contributed by atoms with van der Waals surface area (Å²) in [5.74, 6) is 0.648. The molecule has 0 spiro atoms. The Balaban J connectivity index is 2.03. The Morgan fingerprint density at radius 3 is 3.05 bits per heavy atom. The summed E-state index contributed by atoms with van der Waals surface area (Å²) in [7, 11) is 1.63. The van der Waals surface area contributed by atoms with Crippen molar-refractivity contribution in [3.8, 4) is 5.88 Å². The predicted octanol–water partition coefficient (Wildman–Crippen LogP) is 2.05. The highest BCUT2D eigenvalue weighted by Crippen LogP contribution is 2.23. The van der Waals surface area contributed by atoms with Gasteiger partial charge in [0.1, 0.15) is 5.69 Å². The largest absolute Gasteiger partial charge is 0.480 e. The molecule has 2 rings (SSSR count). The molecule has 2 aromatic rings. The van der Waals surface area contributed by atoms with Crippen LogP contribution in [0.3, 0.4) is 0 Å². The van der Waals surface area contributed by atoms with Crippen LogP contribution >= 0.6 is 11.3 Å². The number of aliphatic hydroxyl groups is 1. The summed E-state index contributed by atoms with van der Waals surface area (Å²) < 4.78 is 7.31. The Labute approximate surface area is 117 Å². The average Bonchev–Trinajstić information content (AvgIpc) is 2.90. The third-order valence-electron chi connectivity index (χ3n) is 3.10. The van der Waals surface area contributed by atoms with Gasteiger partial charge in [-0.1, -0.05) is 13.3 Å². The van der Waals surface area contributed by atoms with Gasteiger partial charge >= 0.3 is 0 Å². The highest BCUT2D eigenvalue weighted by molar-refractivity contribution is 7.15. The van der Waals surface area contributed by atoms with Crippen LogP contribution in [0.2, 0.25) is 0 Å². The molecule has 2 N–H and O–H groups in total. The van der Waals surface area contributed by atoms with Crippen molar-refractivity contribution >= 4 is 16.3 Å². The third kappa shape index (κ3) is 3.26. The van der Waals surface area contributed by atoms with Crippen LogP contribution in [-0.4, -0.2) is 33.7 Å². The molecule has 2 heterocycles. The van der Waals surface area contributed by atoms with Crippen molar-refractivity contribution in [2.75, 3.05) is 13.7 Å².